The summed E-state index contributed by atoms with van der Waals surface area (Å²) in [7, 11) is 0. The summed E-state index contributed by atoms with van der Waals surface area (Å²) in [5, 5.41) is 4.59. The Morgan fingerprint density at radius 2 is 0.946 bits per heavy atom. The number of fused-ring (bicyclic) bond motifs is 6. The molecular weight excluding hydrogens is 683 g/mol. The van der Waals surface area contributed by atoms with Gasteiger partial charge in [0.25, 0.3) is 0 Å². The van der Waals surface area contributed by atoms with Crippen LogP contribution in [0.2, 0.25) is 0 Å². The molecule has 0 aliphatic heterocycles. The lowest BCUT2D eigenvalue weighted by Gasteiger charge is -2.12. The smallest absolute Gasteiger partial charge is 0.160 e. The van der Waals surface area contributed by atoms with Crippen molar-refractivity contribution in [1.82, 2.24) is 14.5 Å². The minimum Gasteiger partial charge on any atom is -0.455 e. The quantitative estimate of drug-likeness (QED) is 0.172. The van der Waals surface area contributed by atoms with Crippen LogP contribution >= 0.6 is 0 Å². The zero-order chi connectivity index (χ0) is 37.0. The molecule has 262 valence electrons. The summed E-state index contributed by atoms with van der Waals surface area (Å²) in [4.78, 5) is 10.3. The SMILES string of the molecule is c1ccc(-c2cc(-c3ccccc3)nc(-c3cccc(-c4cccc5c4c4ccccc4n5-c4cc(-c5ccccc5)c5oc6ccccc6c5c4)c3)n2)cc1. The van der Waals surface area contributed by atoms with E-state index in [2.05, 4.69) is 187 Å². The summed E-state index contributed by atoms with van der Waals surface area (Å²) in [6, 6.07) is 70.2. The Hall–Kier alpha value is -7.56. The van der Waals surface area contributed by atoms with Gasteiger partial charge in [-0.25, -0.2) is 9.97 Å². The van der Waals surface area contributed by atoms with E-state index in [0.717, 1.165) is 89.0 Å². The van der Waals surface area contributed by atoms with E-state index in [1.165, 1.54) is 10.8 Å². The second kappa shape index (κ2) is 13.1. The number of aromatic nitrogens is 3. The Kier molecular flexibility index (Phi) is 7.46. The van der Waals surface area contributed by atoms with Crippen molar-refractivity contribution in [1.29, 1.82) is 0 Å². The molecule has 0 saturated heterocycles. The third kappa shape index (κ3) is 5.31. The summed E-state index contributed by atoms with van der Waals surface area (Å²) >= 11 is 0. The zero-order valence-corrected chi connectivity index (χ0v) is 30.3. The van der Waals surface area contributed by atoms with E-state index in [-0.39, 0.29) is 0 Å². The highest BCUT2D eigenvalue weighted by molar-refractivity contribution is 6.17. The van der Waals surface area contributed by atoms with Crippen molar-refractivity contribution in [2.75, 3.05) is 0 Å². The Morgan fingerprint density at radius 3 is 1.68 bits per heavy atom. The second-order valence-corrected chi connectivity index (χ2v) is 14.2. The van der Waals surface area contributed by atoms with Gasteiger partial charge in [-0.2, -0.15) is 0 Å². The van der Waals surface area contributed by atoms with Gasteiger partial charge >= 0.3 is 0 Å². The topological polar surface area (TPSA) is 43.9 Å². The number of rotatable bonds is 6. The normalized spacial score (nSPS) is 11.6. The third-order valence-corrected chi connectivity index (χ3v) is 10.8. The maximum absolute atomic E-state index is 6.56. The first-order valence-electron chi connectivity index (χ1n) is 18.9. The van der Waals surface area contributed by atoms with Crippen molar-refractivity contribution in [3.05, 3.63) is 200 Å². The van der Waals surface area contributed by atoms with Gasteiger partial charge in [0.05, 0.1) is 22.4 Å². The highest BCUT2D eigenvalue weighted by atomic mass is 16.3. The molecule has 0 unspecified atom stereocenters. The number of hydrogen-bond acceptors (Lipinski definition) is 3. The standard InChI is InChI=1S/C52H33N3O/c1-4-16-34(17-5-1)43-31-39(32-44-41-24-11-13-29-49(41)56-51(43)44)55-47-27-12-10-25-42(47)50-40(26-15-28-48(50)55)37-22-14-23-38(30-37)52-53-45(35-18-6-2-7-19-35)33-46(54-52)36-20-8-3-9-21-36/h1-33H. The molecule has 3 heterocycles. The minimum atomic E-state index is 0.691. The molecule has 0 aliphatic rings. The predicted octanol–water partition coefficient (Wildman–Crippen LogP) is 13.8. The van der Waals surface area contributed by atoms with Crippen molar-refractivity contribution in [3.8, 4) is 61.8 Å². The van der Waals surface area contributed by atoms with Crippen molar-refractivity contribution in [2.24, 2.45) is 0 Å². The average molecular weight is 716 g/mol. The second-order valence-electron chi connectivity index (χ2n) is 14.2. The number of para-hydroxylation sites is 2. The molecular formula is C52H33N3O. The number of furan rings is 1. The van der Waals surface area contributed by atoms with Gasteiger partial charge in [0, 0.05) is 49.5 Å². The molecule has 8 aromatic carbocycles. The van der Waals surface area contributed by atoms with Crippen molar-refractivity contribution >= 4 is 43.7 Å². The fraction of sp³-hybridized carbons (Fsp3) is 0. The molecule has 0 radical (unpaired) electrons. The van der Waals surface area contributed by atoms with E-state index < -0.39 is 0 Å². The van der Waals surface area contributed by atoms with Gasteiger partial charge in [-0.3, -0.25) is 0 Å². The van der Waals surface area contributed by atoms with E-state index in [1.807, 2.05) is 18.2 Å². The third-order valence-electron chi connectivity index (χ3n) is 10.8. The molecule has 4 nitrogen and oxygen atoms in total. The van der Waals surface area contributed by atoms with Crippen LogP contribution in [0.25, 0.3) is 106 Å². The number of hydrogen-bond donors (Lipinski definition) is 0. The fourth-order valence-electron chi connectivity index (χ4n) is 8.23. The molecule has 0 saturated carbocycles. The summed E-state index contributed by atoms with van der Waals surface area (Å²) in [6.45, 7) is 0. The molecule has 56 heavy (non-hydrogen) atoms. The fourth-order valence-corrected chi connectivity index (χ4v) is 8.23. The highest BCUT2D eigenvalue weighted by Crippen LogP contribution is 2.43. The first-order chi connectivity index (χ1) is 27.8. The Bertz CT molecular complexity index is 3180. The number of nitrogens with zero attached hydrogens (tertiary/aromatic N) is 3. The predicted molar refractivity (Wildman–Crippen MR) is 231 cm³/mol. The van der Waals surface area contributed by atoms with Crippen LogP contribution in [0.4, 0.5) is 0 Å². The van der Waals surface area contributed by atoms with Gasteiger partial charge in [0.1, 0.15) is 11.2 Å². The number of benzene rings is 8. The molecule has 0 atom stereocenters. The van der Waals surface area contributed by atoms with Crippen LogP contribution in [0.5, 0.6) is 0 Å². The summed E-state index contributed by atoms with van der Waals surface area (Å²) in [6.07, 6.45) is 0. The maximum atomic E-state index is 6.56. The molecule has 0 aliphatic carbocycles. The summed E-state index contributed by atoms with van der Waals surface area (Å²) in [5.74, 6) is 0.691. The van der Waals surface area contributed by atoms with Crippen LogP contribution < -0.4 is 0 Å². The van der Waals surface area contributed by atoms with Crippen LogP contribution in [0.15, 0.2) is 205 Å². The zero-order valence-electron chi connectivity index (χ0n) is 30.3. The summed E-state index contributed by atoms with van der Waals surface area (Å²) in [5.41, 5.74) is 14.4. The van der Waals surface area contributed by atoms with E-state index in [9.17, 15) is 0 Å². The Labute approximate surface area is 323 Å². The van der Waals surface area contributed by atoms with Gasteiger partial charge in [0.2, 0.25) is 0 Å². The lowest BCUT2D eigenvalue weighted by atomic mass is 9.97. The van der Waals surface area contributed by atoms with Crippen LogP contribution in [-0.2, 0) is 0 Å². The molecule has 4 heteroatoms. The van der Waals surface area contributed by atoms with Gasteiger partial charge < -0.3 is 8.98 Å². The Balaban J connectivity index is 1.12. The molecule has 0 N–H and O–H groups in total. The molecule has 11 aromatic rings. The Morgan fingerprint density at radius 1 is 0.375 bits per heavy atom. The lowest BCUT2D eigenvalue weighted by Crippen LogP contribution is -1.96. The van der Waals surface area contributed by atoms with Gasteiger partial charge in [-0.1, -0.05) is 158 Å². The van der Waals surface area contributed by atoms with Gasteiger partial charge in [-0.15, -0.1) is 0 Å². The minimum absolute atomic E-state index is 0.691. The molecule has 3 aromatic heterocycles. The molecule has 0 fully saturated rings. The van der Waals surface area contributed by atoms with Gasteiger partial charge in [0.15, 0.2) is 5.82 Å². The van der Waals surface area contributed by atoms with Crippen molar-refractivity contribution < 1.29 is 4.42 Å². The highest BCUT2D eigenvalue weighted by Gasteiger charge is 2.20. The van der Waals surface area contributed by atoms with E-state index in [0.29, 0.717) is 5.82 Å². The first kappa shape index (κ1) is 31.9. The average Bonchev–Trinajstić information content (AvgIpc) is 3.83. The van der Waals surface area contributed by atoms with Crippen LogP contribution in [0, 0.1) is 0 Å². The molecule has 0 spiro atoms. The molecule has 11 rings (SSSR count). The largest absolute Gasteiger partial charge is 0.455 e. The van der Waals surface area contributed by atoms with Gasteiger partial charge in [-0.05, 0) is 59.2 Å². The lowest BCUT2D eigenvalue weighted by molar-refractivity contribution is 0.670. The molecule has 0 bridgehead atoms. The summed E-state index contributed by atoms with van der Waals surface area (Å²) < 4.78 is 8.96. The van der Waals surface area contributed by atoms with E-state index >= 15 is 0 Å². The van der Waals surface area contributed by atoms with Crippen molar-refractivity contribution in [3.63, 3.8) is 0 Å². The van der Waals surface area contributed by atoms with E-state index in [4.69, 9.17) is 14.4 Å². The van der Waals surface area contributed by atoms with Crippen LogP contribution in [-0.4, -0.2) is 14.5 Å². The first-order valence-corrected chi connectivity index (χ1v) is 18.9. The van der Waals surface area contributed by atoms with Crippen molar-refractivity contribution in [2.45, 2.75) is 0 Å². The van der Waals surface area contributed by atoms with Crippen LogP contribution in [0.1, 0.15) is 0 Å². The van der Waals surface area contributed by atoms with E-state index in [1.54, 1.807) is 0 Å². The molecule has 0 amide bonds. The monoisotopic (exact) mass is 715 g/mol. The maximum Gasteiger partial charge on any atom is 0.160 e. The van der Waals surface area contributed by atoms with Crippen LogP contribution in [0.3, 0.4) is 0 Å².